The fourth-order valence-corrected chi connectivity index (χ4v) is 1.88. The minimum Gasteiger partial charge on any atom is -0.315 e. The smallest absolute Gasteiger partial charge is 0.137 e. The molecule has 4 nitrogen and oxygen atoms in total. The van der Waals surface area contributed by atoms with Crippen LogP contribution in [0.5, 0.6) is 0 Å². The third kappa shape index (κ3) is 2.54. The van der Waals surface area contributed by atoms with E-state index in [1.54, 1.807) is 12.7 Å². The molecule has 4 heteroatoms. The SMILES string of the molecule is CCCC(NC)C(CC)n1cncn1. The van der Waals surface area contributed by atoms with Gasteiger partial charge in [0.05, 0.1) is 6.04 Å². The van der Waals surface area contributed by atoms with E-state index < -0.39 is 0 Å². The van der Waals surface area contributed by atoms with Gasteiger partial charge in [-0.25, -0.2) is 9.67 Å². The topological polar surface area (TPSA) is 42.7 Å². The van der Waals surface area contributed by atoms with Crippen LogP contribution in [0.25, 0.3) is 0 Å². The second-order valence-electron chi connectivity index (χ2n) is 3.53. The molecule has 0 fully saturated rings. The van der Waals surface area contributed by atoms with E-state index in [2.05, 4.69) is 29.2 Å². The van der Waals surface area contributed by atoms with Gasteiger partial charge in [-0.05, 0) is 19.9 Å². The Balaban J connectivity index is 2.68. The van der Waals surface area contributed by atoms with Crippen LogP contribution in [0.1, 0.15) is 39.2 Å². The normalized spacial score (nSPS) is 15.4. The first kappa shape index (κ1) is 11.2. The molecule has 0 spiro atoms. The van der Waals surface area contributed by atoms with E-state index >= 15 is 0 Å². The van der Waals surface area contributed by atoms with Gasteiger partial charge in [-0.2, -0.15) is 5.10 Å². The highest BCUT2D eigenvalue weighted by Crippen LogP contribution is 2.17. The maximum atomic E-state index is 4.20. The lowest BCUT2D eigenvalue weighted by Crippen LogP contribution is -2.35. The summed E-state index contributed by atoms with van der Waals surface area (Å²) in [6, 6.07) is 0.911. The molecule has 1 rings (SSSR count). The van der Waals surface area contributed by atoms with Crippen LogP contribution in [-0.2, 0) is 0 Å². The maximum Gasteiger partial charge on any atom is 0.137 e. The number of hydrogen-bond acceptors (Lipinski definition) is 3. The van der Waals surface area contributed by atoms with Crippen LogP contribution in [0.2, 0.25) is 0 Å². The van der Waals surface area contributed by atoms with Crippen LogP contribution in [0, 0.1) is 0 Å². The fraction of sp³-hybridized carbons (Fsp3) is 0.800. The summed E-state index contributed by atoms with van der Waals surface area (Å²) in [5, 5.41) is 7.56. The van der Waals surface area contributed by atoms with Gasteiger partial charge in [0, 0.05) is 6.04 Å². The minimum atomic E-state index is 0.419. The molecular weight excluding hydrogens is 176 g/mol. The first-order valence-corrected chi connectivity index (χ1v) is 5.34. The molecule has 0 amide bonds. The van der Waals surface area contributed by atoms with Crippen molar-refractivity contribution >= 4 is 0 Å². The maximum absolute atomic E-state index is 4.20. The number of nitrogens with one attached hydrogen (secondary N) is 1. The minimum absolute atomic E-state index is 0.419. The van der Waals surface area contributed by atoms with Crippen molar-refractivity contribution in [3.63, 3.8) is 0 Å². The highest BCUT2D eigenvalue weighted by molar-refractivity contribution is 4.79. The summed E-state index contributed by atoms with van der Waals surface area (Å²) in [5.41, 5.74) is 0. The standard InChI is InChI=1S/C10H20N4/c1-4-6-9(11-3)10(5-2)14-8-12-7-13-14/h7-11H,4-6H2,1-3H3. The molecule has 0 bridgehead atoms. The molecule has 2 atom stereocenters. The quantitative estimate of drug-likeness (QED) is 0.751. The Kier molecular flexibility index (Phi) is 4.59. The summed E-state index contributed by atoms with van der Waals surface area (Å²) >= 11 is 0. The van der Waals surface area contributed by atoms with Gasteiger partial charge in [-0.1, -0.05) is 20.3 Å². The zero-order chi connectivity index (χ0) is 10.4. The lowest BCUT2D eigenvalue weighted by molar-refractivity contribution is 0.314. The first-order chi connectivity index (χ1) is 6.83. The summed E-state index contributed by atoms with van der Waals surface area (Å²) < 4.78 is 1.96. The van der Waals surface area contributed by atoms with Gasteiger partial charge < -0.3 is 5.32 Å². The Labute approximate surface area is 85.7 Å². The number of nitrogens with zero attached hydrogens (tertiary/aromatic N) is 3. The Morgan fingerprint density at radius 2 is 2.21 bits per heavy atom. The van der Waals surface area contributed by atoms with Crippen molar-refractivity contribution < 1.29 is 0 Å². The molecule has 1 heterocycles. The van der Waals surface area contributed by atoms with Gasteiger partial charge in [-0.15, -0.1) is 0 Å². The largest absolute Gasteiger partial charge is 0.315 e. The Morgan fingerprint density at radius 1 is 1.43 bits per heavy atom. The Hall–Kier alpha value is -0.900. The molecule has 0 aromatic carbocycles. The molecule has 1 N–H and O–H groups in total. The van der Waals surface area contributed by atoms with Crippen molar-refractivity contribution in [3.8, 4) is 0 Å². The van der Waals surface area contributed by atoms with E-state index in [9.17, 15) is 0 Å². The van der Waals surface area contributed by atoms with E-state index in [0.29, 0.717) is 12.1 Å². The number of hydrogen-bond donors (Lipinski definition) is 1. The predicted molar refractivity (Wildman–Crippen MR) is 57.1 cm³/mol. The van der Waals surface area contributed by atoms with Crippen LogP contribution in [0.3, 0.4) is 0 Å². The van der Waals surface area contributed by atoms with Crippen molar-refractivity contribution in [2.75, 3.05) is 7.05 Å². The fourth-order valence-electron chi connectivity index (χ4n) is 1.88. The third-order valence-electron chi connectivity index (χ3n) is 2.63. The monoisotopic (exact) mass is 196 g/mol. The van der Waals surface area contributed by atoms with Gasteiger partial charge in [0.25, 0.3) is 0 Å². The number of likely N-dealkylation sites (N-methyl/N-ethyl adjacent to an activating group) is 1. The molecule has 0 saturated heterocycles. The van der Waals surface area contributed by atoms with Crippen molar-refractivity contribution in [2.45, 2.75) is 45.2 Å². The van der Waals surface area contributed by atoms with Crippen LogP contribution in [-0.4, -0.2) is 27.9 Å². The highest BCUT2D eigenvalue weighted by atomic mass is 15.3. The van der Waals surface area contributed by atoms with Crippen LogP contribution in [0.4, 0.5) is 0 Å². The van der Waals surface area contributed by atoms with E-state index in [1.165, 1.54) is 12.8 Å². The van der Waals surface area contributed by atoms with Crippen molar-refractivity contribution in [2.24, 2.45) is 0 Å². The van der Waals surface area contributed by atoms with E-state index in [1.807, 2.05) is 11.7 Å². The molecule has 0 aliphatic heterocycles. The van der Waals surface area contributed by atoms with Gasteiger partial charge in [0.2, 0.25) is 0 Å². The summed E-state index contributed by atoms with van der Waals surface area (Å²) in [6.07, 6.45) is 6.84. The second-order valence-corrected chi connectivity index (χ2v) is 3.53. The van der Waals surface area contributed by atoms with Crippen LogP contribution >= 0.6 is 0 Å². The second kappa shape index (κ2) is 5.75. The Bertz CT molecular complexity index is 232. The molecule has 2 unspecified atom stereocenters. The van der Waals surface area contributed by atoms with Gasteiger partial charge >= 0.3 is 0 Å². The molecule has 0 radical (unpaired) electrons. The molecule has 80 valence electrons. The summed E-state index contributed by atoms with van der Waals surface area (Å²) in [4.78, 5) is 3.99. The molecule has 0 saturated carbocycles. The van der Waals surface area contributed by atoms with Gasteiger partial charge in [0.1, 0.15) is 12.7 Å². The van der Waals surface area contributed by atoms with Crippen molar-refractivity contribution in [3.05, 3.63) is 12.7 Å². The third-order valence-corrected chi connectivity index (χ3v) is 2.63. The van der Waals surface area contributed by atoms with E-state index in [4.69, 9.17) is 0 Å². The average Bonchev–Trinajstić information content (AvgIpc) is 2.71. The average molecular weight is 196 g/mol. The summed E-state index contributed by atoms with van der Waals surface area (Å²) in [5.74, 6) is 0. The molecule has 1 aromatic rings. The molecule has 14 heavy (non-hydrogen) atoms. The number of rotatable bonds is 6. The molecular formula is C10H20N4. The predicted octanol–water partition coefficient (Wildman–Crippen LogP) is 1.62. The van der Waals surface area contributed by atoms with Gasteiger partial charge in [-0.3, -0.25) is 0 Å². The zero-order valence-corrected chi connectivity index (χ0v) is 9.27. The number of aromatic nitrogens is 3. The molecule has 0 aliphatic rings. The Morgan fingerprint density at radius 3 is 2.64 bits per heavy atom. The van der Waals surface area contributed by atoms with E-state index in [0.717, 1.165) is 6.42 Å². The van der Waals surface area contributed by atoms with Crippen molar-refractivity contribution in [1.29, 1.82) is 0 Å². The molecule has 0 aliphatic carbocycles. The highest BCUT2D eigenvalue weighted by Gasteiger charge is 2.19. The van der Waals surface area contributed by atoms with Crippen LogP contribution in [0.15, 0.2) is 12.7 Å². The first-order valence-electron chi connectivity index (χ1n) is 5.34. The zero-order valence-electron chi connectivity index (χ0n) is 9.27. The lowest BCUT2D eigenvalue weighted by atomic mass is 10.0. The van der Waals surface area contributed by atoms with Gasteiger partial charge in [0.15, 0.2) is 0 Å². The van der Waals surface area contributed by atoms with Crippen molar-refractivity contribution in [1.82, 2.24) is 20.1 Å². The summed E-state index contributed by atoms with van der Waals surface area (Å²) in [7, 11) is 2.01. The molecule has 1 aromatic heterocycles. The lowest BCUT2D eigenvalue weighted by Gasteiger charge is -2.25. The van der Waals surface area contributed by atoms with Crippen LogP contribution < -0.4 is 5.32 Å². The van der Waals surface area contributed by atoms with E-state index in [-0.39, 0.29) is 0 Å². The summed E-state index contributed by atoms with van der Waals surface area (Å²) in [6.45, 7) is 4.39.